The number of ether oxygens (including phenoxy) is 1. The average Bonchev–Trinajstić information content (AvgIpc) is 2.91. The van der Waals surface area contributed by atoms with Crippen molar-refractivity contribution in [3.05, 3.63) is 35.9 Å². The van der Waals surface area contributed by atoms with Crippen molar-refractivity contribution in [2.24, 2.45) is 0 Å². The summed E-state index contributed by atoms with van der Waals surface area (Å²) in [5.41, 5.74) is 1.21. The predicted molar refractivity (Wildman–Crippen MR) is 71.3 cm³/mol. The summed E-state index contributed by atoms with van der Waals surface area (Å²) < 4.78 is 5.56. The van der Waals surface area contributed by atoms with E-state index in [9.17, 15) is 4.79 Å². The van der Waals surface area contributed by atoms with Gasteiger partial charge in [0.15, 0.2) is 0 Å². The Morgan fingerprint density at radius 2 is 2.22 bits per heavy atom. The third-order valence-electron chi connectivity index (χ3n) is 3.39. The van der Waals surface area contributed by atoms with E-state index in [2.05, 4.69) is 17.4 Å². The standard InChI is InChI=1S/C15H21NO2/c1-12(14-8-5-11-18-14)16-15(17)10-9-13-6-3-2-4-7-13/h2-4,6-7,12,14H,5,8-11H2,1H3,(H,16,17). The molecule has 3 nitrogen and oxygen atoms in total. The lowest BCUT2D eigenvalue weighted by Crippen LogP contribution is -2.40. The third kappa shape index (κ3) is 3.84. The Labute approximate surface area is 109 Å². The maximum absolute atomic E-state index is 11.8. The van der Waals surface area contributed by atoms with Crippen LogP contribution in [0, 0.1) is 0 Å². The highest BCUT2D eigenvalue weighted by Crippen LogP contribution is 2.15. The molecule has 1 saturated heterocycles. The molecule has 2 atom stereocenters. The Morgan fingerprint density at radius 3 is 2.89 bits per heavy atom. The van der Waals surface area contributed by atoms with Crippen molar-refractivity contribution in [3.8, 4) is 0 Å². The van der Waals surface area contributed by atoms with Crippen LogP contribution in [0.3, 0.4) is 0 Å². The van der Waals surface area contributed by atoms with Crippen molar-refractivity contribution >= 4 is 5.91 Å². The highest BCUT2D eigenvalue weighted by atomic mass is 16.5. The first-order chi connectivity index (χ1) is 8.75. The molecule has 1 fully saturated rings. The van der Waals surface area contributed by atoms with Gasteiger partial charge in [0.2, 0.25) is 5.91 Å². The fourth-order valence-corrected chi connectivity index (χ4v) is 2.32. The van der Waals surface area contributed by atoms with Crippen LogP contribution in [-0.4, -0.2) is 24.7 Å². The molecule has 0 saturated carbocycles. The van der Waals surface area contributed by atoms with E-state index in [-0.39, 0.29) is 18.1 Å². The van der Waals surface area contributed by atoms with Gasteiger partial charge in [-0.2, -0.15) is 0 Å². The molecule has 0 bridgehead atoms. The van der Waals surface area contributed by atoms with Crippen LogP contribution in [0.25, 0.3) is 0 Å². The molecule has 3 heteroatoms. The number of amides is 1. The van der Waals surface area contributed by atoms with E-state index in [0.29, 0.717) is 6.42 Å². The van der Waals surface area contributed by atoms with E-state index in [1.807, 2.05) is 25.1 Å². The number of carbonyl (C=O) groups excluding carboxylic acids is 1. The average molecular weight is 247 g/mol. The fourth-order valence-electron chi connectivity index (χ4n) is 2.32. The van der Waals surface area contributed by atoms with Crippen molar-refractivity contribution in [2.75, 3.05) is 6.61 Å². The molecule has 1 heterocycles. The number of hydrogen-bond donors (Lipinski definition) is 1. The van der Waals surface area contributed by atoms with Crippen LogP contribution in [0.1, 0.15) is 31.7 Å². The van der Waals surface area contributed by atoms with Crippen LogP contribution in [0.4, 0.5) is 0 Å². The zero-order chi connectivity index (χ0) is 12.8. The topological polar surface area (TPSA) is 38.3 Å². The van der Waals surface area contributed by atoms with Crippen LogP contribution < -0.4 is 5.32 Å². The van der Waals surface area contributed by atoms with Gasteiger partial charge in [-0.05, 0) is 31.7 Å². The van der Waals surface area contributed by atoms with Gasteiger partial charge in [-0.25, -0.2) is 0 Å². The van der Waals surface area contributed by atoms with Gasteiger partial charge in [-0.15, -0.1) is 0 Å². The molecule has 2 rings (SSSR count). The van der Waals surface area contributed by atoms with E-state index in [1.54, 1.807) is 0 Å². The van der Waals surface area contributed by atoms with Gasteiger partial charge in [-0.1, -0.05) is 30.3 Å². The number of nitrogens with one attached hydrogen (secondary N) is 1. The highest BCUT2D eigenvalue weighted by molar-refractivity contribution is 5.76. The maximum atomic E-state index is 11.8. The van der Waals surface area contributed by atoms with Crippen molar-refractivity contribution < 1.29 is 9.53 Å². The molecule has 1 aliphatic heterocycles. The maximum Gasteiger partial charge on any atom is 0.220 e. The van der Waals surface area contributed by atoms with Gasteiger partial charge >= 0.3 is 0 Å². The molecule has 0 aromatic heterocycles. The fraction of sp³-hybridized carbons (Fsp3) is 0.533. The summed E-state index contributed by atoms with van der Waals surface area (Å²) >= 11 is 0. The molecule has 1 amide bonds. The van der Waals surface area contributed by atoms with E-state index in [0.717, 1.165) is 25.9 Å². The van der Waals surface area contributed by atoms with Crippen LogP contribution in [0.15, 0.2) is 30.3 Å². The minimum absolute atomic E-state index is 0.113. The van der Waals surface area contributed by atoms with Crippen molar-refractivity contribution in [1.82, 2.24) is 5.32 Å². The Kier molecular flexibility index (Phi) is 4.76. The lowest BCUT2D eigenvalue weighted by Gasteiger charge is -2.19. The van der Waals surface area contributed by atoms with Gasteiger partial charge in [0.25, 0.3) is 0 Å². The van der Waals surface area contributed by atoms with Crippen LogP contribution >= 0.6 is 0 Å². The lowest BCUT2D eigenvalue weighted by atomic mass is 10.1. The molecule has 18 heavy (non-hydrogen) atoms. The van der Waals surface area contributed by atoms with Crippen molar-refractivity contribution in [1.29, 1.82) is 0 Å². The predicted octanol–water partition coefficient (Wildman–Crippen LogP) is 2.30. The first kappa shape index (κ1) is 13.1. The van der Waals surface area contributed by atoms with Gasteiger partial charge in [0.05, 0.1) is 12.1 Å². The van der Waals surface area contributed by atoms with Crippen LogP contribution in [0.5, 0.6) is 0 Å². The minimum atomic E-state index is 0.113. The largest absolute Gasteiger partial charge is 0.376 e. The van der Waals surface area contributed by atoms with E-state index < -0.39 is 0 Å². The highest BCUT2D eigenvalue weighted by Gasteiger charge is 2.23. The zero-order valence-corrected chi connectivity index (χ0v) is 10.9. The molecule has 1 aromatic carbocycles. The molecule has 0 spiro atoms. The molecular formula is C15H21NO2. The summed E-state index contributed by atoms with van der Waals surface area (Å²) in [6.07, 6.45) is 3.70. The molecule has 1 aliphatic rings. The second kappa shape index (κ2) is 6.55. The second-order valence-corrected chi connectivity index (χ2v) is 4.89. The molecule has 1 N–H and O–H groups in total. The van der Waals surface area contributed by atoms with Gasteiger partial charge in [0.1, 0.15) is 0 Å². The number of rotatable bonds is 5. The summed E-state index contributed by atoms with van der Waals surface area (Å²) in [5, 5.41) is 3.03. The van der Waals surface area contributed by atoms with Crippen molar-refractivity contribution in [3.63, 3.8) is 0 Å². The molecular weight excluding hydrogens is 226 g/mol. The van der Waals surface area contributed by atoms with Crippen molar-refractivity contribution in [2.45, 2.75) is 44.8 Å². The first-order valence-electron chi connectivity index (χ1n) is 6.70. The summed E-state index contributed by atoms with van der Waals surface area (Å²) in [6.45, 7) is 2.85. The molecule has 98 valence electrons. The lowest BCUT2D eigenvalue weighted by molar-refractivity contribution is -0.122. The molecule has 2 unspecified atom stereocenters. The Morgan fingerprint density at radius 1 is 1.44 bits per heavy atom. The number of hydrogen-bond acceptors (Lipinski definition) is 2. The minimum Gasteiger partial charge on any atom is -0.376 e. The quantitative estimate of drug-likeness (QED) is 0.867. The molecule has 0 aliphatic carbocycles. The number of aryl methyl sites for hydroxylation is 1. The summed E-state index contributed by atoms with van der Waals surface area (Å²) in [4.78, 5) is 11.8. The monoisotopic (exact) mass is 247 g/mol. The van der Waals surface area contributed by atoms with Gasteiger partial charge < -0.3 is 10.1 Å². The normalized spacial score (nSPS) is 20.6. The third-order valence-corrected chi connectivity index (χ3v) is 3.39. The number of benzene rings is 1. The van der Waals surface area contributed by atoms with Crippen LogP contribution in [-0.2, 0) is 16.0 Å². The van der Waals surface area contributed by atoms with Crippen LogP contribution in [0.2, 0.25) is 0 Å². The molecule has 0 radical (unpaired) electrons. The smallest absolute Gasteiger partial charge is 0.220 e. The Hall–Kier alpha value is -1.35. The summed E-state index contributed by atoms with van der Waals surface area (Å²) in [7, 11) is 0. The molecule has 1 aromatic rings. The van der Waals surface area contributed by atoms with E-state index in [4.69, 9.17) is 4.74 Å². The second-order valence-electron chi connectivity index (χ2n) is 4.89. The Balaban J connectivity index is 1.71. The van der Waals surface area contributed by atoms with Gasteiger partial charge in [-0.3, -0.25) is 4.79 Å². The first-order valence-corrected chi connectivity index (χ1v) is 6.70. The van der Waals surface area contributed by atoms with E-state index in [1.165, 1.54) is 5.56 Å². The summed E-state index contributed by atoms with van der Waals surface area (Å²) in [6, 6.07) is 10.2. The summed E-state index contributed by atoms with van der Waals surface area (Å²) in [5.74, 6) is 0.113. The zero-order valence-electron chi connectivity index (χ0n) is 10.9. The van der Waals surface area contributed by atoms with Gasteiger partial charge in [0, 0.05) is 13.0 Å². The SMILES string of the molecule is CC(NC(=O)CCc1ccccc1)C1CCCO1. The van der Waals surface area contributed by atoms with E-state index >= 15 is 0 Å². The number of carbonyl (C=O) groups is 1. The Bertz CT molecular complexity index is 371.